The second-order valence-corrected chi connectivity index (χ2v) is 7.65. The molecule has 1 N–H and O–H groups in total. The van der Waals surface area contributed by atoms with Crippen LogP contribution >= 0.6 is 11.3 Å². The first-order valence-electron chi connectivity index (χ1n) is 9.25. The zero-order valence-corrected chi connectivity index (χ0v) is 17.2. The number of aromatic nitrogens is 1. The number of nitrogens with zero attached hydrogens (tertiary/aromatic N) is 2. The first-order valence-corrected chi connectivity index (χ1v) is 10.1. The zero-order valence-electron chi connectivity index (χ0n) is 16.4. The maximum atomic E-state index is 12.9. The first kappa shape index (κ1) is 20.5. The molecule has 0 spiro atoms. The van der Waals surface area contributed by atoms with Gasteiger partial charge in [-0.25, -0.2) is 9.78 Å². The van der Waals surface area contributed by atoms with E-state index in [9.17, 15) is 9.59 Å². The average Bonchev–Trinajstić information content (AvgIpc) is 3.22. The van der Waals surface area contributed by atoms with Crippen LogP contribution in [-0.4, -0.2) is 35.5 Å². The minimum Gasteiger partial charge on any atom is -0.469 e. The Labute approximate surface area is 174 Å². The lowest BCUT2D eigenvalue weighted by atomic mass is 10.1. The van der Waals surface area contributed by atoms with E-state index >= 15 is 0 Å². The van der Waals surface area contributed by atoms with Crippen LogP contribution in [0.2, 0.25) is 0 Å². The highest BCUT2D eigenvalue weighted by Crippen LogP contribution is 2.28. The number of urea groups is 1. The third-order valence-corrected chi connectivity index (χ3v) is 5.34. The number of benzene rings is 2. The molecule has 0 radical (unpaired) electrons. The topological polar surface area (TPSA) is 71.5 Å². The SMILES string of the molecule is COC(=O)[C@@H](C)CN(Cc1ccccc1)C(=O)Nc1ncc(-c2ccccc2)s1. The Morgan fingerprint density at radius 2 is 1.76 bits per heavy atom. The van der Waals surface area contributed by atoms with Crippen LogP contribution in [0.1, 0.15) is 12.5 Å². The summed E-state index contributed by atoms with van der Waals surface area (Å²) in [6.45, 7) is 2.36. The summed E-state index contributed by atoms with van der Waals surface area (Å²) in [7, 11) is 1.35. The van der Waals surface area contributed by atoms with Crippen molar-refractivity contribution in [3.05, 3.63) is 72.4 Å². The van der Waals surface area contributed by atoms with E-state index in [0.717, 1.165) is 16.0 Å². The smallest absolute Gasteiger partial charge is 0.323 e. The van der Waals surface area contributed by atoms with Gasteiger partial charge in [-0.2, -0.15) is 0 Å². The molecule has 3 aromatic rings. The number of esters is 1. The maximum absolute atomic E-state index is 12.9. The summed E-state index contributed by atoms with van der Waals surface area (Å²) in [5.74, 6) is -0.790. The van der Waals surface area contributed by atoms with Crippen LogP contribution in [0.25, 0.3) is 10.4 Å². The Hall–Kier alpha value is -3.19. The molecule has 2 amide bonds. The number of hydrogen-bond donors (Lipinski definition) is 1. The molecular weight excluding hydrogens is 386 g/mol. The fourth-order valence-corrected chi connectivity index (χ4v) is 3.68. The Balaban J connectivity index is 1.73. The standard InChI is InChI=1S/C22H23N3O3S/c1-16(20(26)28-2)14-25(15-17-9-5-3-6-10-17)22(27)24-21-23-13-19(29-21)18-11-7-4-8-12-18/h3-13,16H,14-15H2,1-2H3,(H,23,24,27)/t16-/m0/s1. The fourth-order valence-electron chi connectivity index (χ4n) is 2.87. The molecule has 1 aromatic heterocycles. The molecular formula is C22H23N3O3S. The van der Waals surface area contributed by atoms with E-state index in [2.05, 4.69) is 10.3 Å². The van der Waals surface area contributed by atoms with Crippen molar-refractivity contribution in [3.8, 4) is 10.4 Å². The van der Waals surface area contributed by atoms with Crippen LogP contribution in [0.4, 0.5) is 9.93 Å². The highest BCUT2D eigenvalue weighted by molar-refractivity contribution is 7.19. The van der Waals surface area contributed by atoms with Gasteiger partial charge in [-0.05, 0) is 11.1 Å². The predicted molar refractivity (Wildman–Crippen MR) is 115 cm³/mol. The molecule has 150 valence electrons. The maximum Gasteiger partial charge on any atom is 0.323 e. The van der Waals surface area contributed by atoms with Crippen molar-refractivity contribution in [1.82, 2.24) is 9.88 Å². The average molecular weight is 410 g/mol. The Kier molecular flexibility index (Phi) is 6.97. The lowest BCUT2D eigenvalue weighted by Gasteiger charge is -2.25. The van der Waals surface area contributed by atoms with E-state index in [1.165, 1.54) is 18.4 Å². The number of carbonyl (C=O) groups excluding carboxylic acids is 2. The minimum absolute atomic E-state index is 0.240. The van der Waals surface area contributed by atoms with Crippen molar-refractivity contribution in [2.75, 3.05) is 19.0 Å². The van der Waals surface area contributed by atoms with Gasteiger partial charge < -0.3 is 9.64 Å². The van der Waals surface area contributed by atoms with Gasteiger partial charge in [0.2, 0.25) is 0 Å². The number of methoxy groups -OCH3 is 1. The normalized spacial score (nSPS) is 11.5. The van der Waals surface area contributed by atoms with Gasteiger partial charge in [-0.3, -0.25) is 10.1 Å². The molecule has 7 heteroatoms. The molecule has 0 bridgehead atoms. The monoisotopic (exact) mass is 409 g/mol. The molecule has 2 aromatic carbocycles. The Morgan fingerprint density at radius 1 is 1.10 bits per heavy atom. The van der Waals surface area contributed by atoms with Crippen molar-refractivity contribution in [2.45, 2.75) is 13.5 Å². The molecule has 0 saturated heterocycles. The molecule has 6 nitrogen and oxygen atoms in total. The molecule has 0 aliphatic heterocycles. The first-order chi connectivity index (χ1) is 14.1. The molecule has 0 fully saturated rings. The Bertz CT molecular complexity index is 944. The van der Waals surface area contributed by atoms with Gasteiger partial charge in [-0.1, -0.05) is 78.9 Å². The van der Waals surface area contributed by atoms with Crippen molar-refractivity contribution in [1.29, 1.82) is 0 Å². The second kappa shape index (κ2) is 9.84. The van der Waals surface area contributed by atoms with Crippen molar-refractivity contribution < 1.29 is 14.3 Å². The predicted octanol–water partition coefficient (Wildman–Crippen LogP) is 4.65. The van der Waals surface area contributed by atoms with Crippen molar-refractivity contribution in [3.63, 3.8) is 0 Å². The van der Waals surface area contributed by atoms with Crippen LogP contribution < -0.4 is 5.32 Å². The minimum atomic E-state index is -0.439. The van der Waals surface area contributed by atoms with E-state index in [1.807, 2.05) is 60.7 Å². The number of rotatable bonds is 7. The largest absolute Gasteiger partial charge is 0.469 e. The fraction of sp³-hybridized carbons (Fsp3) is 0.227. The lowest BCUT2D eigenvalue weighted by molar-refractivity contribution is -0.145. The van der Waals surface area contributed by atoms with Crippen LogP contribution in [0, 0.1) is 5.92 Å². The second-order valence-electron chi connectivity index (χ2n) is 6.62. The number of amides is 2. The quantitative estimate of drug-likeness (QED) is 0.577. The van der Waals surface area contributed by atoms with Gasteiger partial charge in [0.25, 0.3) is 0 Å². The number of nitrogens with one attached hydrogen (secondary N) is 1. The van der Waals surface area contributed by atoms with Crippen LogP contribution in [0.15, 0.2) is 66.9 Å². The summed E-state index contributed by atoms with van der Waals surface area (Å²) in [6.07, 6.45) is 1.74. The number of carbonyl (C=O) groups is 2. The van der Waals surface area contributed by atoms with Gasteiger partial charge in [0, 0.05) is 19.3 Å². The number of ether oxygens (including phenoxy) is 1. The molecule has 0 aliphatic carbocycles. The van der Waals surface area contributed by atoms with Gasteiger partial charge in [0.15, 0.2) is 5.13 Å². The molecule has 29 heavy (non-hydrogen) atoms. The third kappa shape index (κ3) is 5.65. The summed E-state index contributed by atoms with van der Waals surface area (Å²) >= 11 is 1.41. The van der Waals surface area contributed by atoms with Crippen molar-refractivity contribution in [2.24, 2.45) is 5.92 Å². The van der Waals surface area contributed by atoms with Crippen molar-refractivity contribution >= 4 is 28.5 Å². The van der Waals surface area contributed by atoms with Gasteiger partial charge in [-0.15, -0.1) is 0 Å². The molecule has 0 aliphatic rings. The highest BCUT2D eigenvalue weighted by Gasteiger charge is 2.22. The number of thiazole rings is 1. The summed E-state index contributed by atoms with van der Waals surface area (Å²) in [5.41, 5.74) is 2.02. The Morgan fingerprint density at radius 3 is 2.41 bits per heavy atom. The molecule has 3 rings (SSSR count). The lowest BCUT2D eigenvalue weighted by Crippen LogP contribution is -2.39. The van der Waals surface area contributed by atoms with Gasteiger partial charge in [0.1, 0.15) is 0 Å². The van der Waals surface area contributed by atoms with E-state index in [0.29, 0.717) is 11.7 Å². The number of hydrogen-bond acceptors (Lipinski definition) is 5. The van der Waals surface area contributed by atoms with E-state index in [-0.39, 0.29) is 18.5 Å². The zero-order chi connectivity index (χ0) is 20.6. The highest BCUT2D eigenvalue weighted by atomic mass is 32.1. The van der Waals surface area contributed by atoms with Crippen LogP contribution in [0.3, 0.4) is 0 Å². The summed E-state index contributed by atoms with van der Waals surface area (Å²) in [4.78, 5) is 31.7. The van der Waals surface area contributed by atoms with E-state index in [4.69, 9.17) is 4.74 Å². The van der Waals surface area contributed by atoms with Crippen LogP contribution in [0.5, 0.6) is 0 Å². The molecule has 1 atom stereocenters. The third-order valence-electron chi connectivity index (χ3n) is 4.38. The number of anilines is 1. The van der Waals surface area contributed by atoms with Gasteiger partial charge in [0.05, 0.1) is 17.9 Å². The van der Waals surface area contributed by atoms with Crippen LogP contribution in [-0.2, 0) is 16.1 Å². The van der Waals surface area contributed by atoms with Gasteiger partial charge >= 0.3 is 12.0 Å². The molecule has 0 unspecified atom stereocenters. The van der Waals surface area contributed by atoms with E-state index in [1.54, 1.807) is 18.0 Å². The molecule has 0 saturated carbocycles. The van der Waals surface area contributed by atoms with E-state index < -0.39 is 5.92 Å². The summed E-state index contributed by atoms with van der Waals surface area (Å²) in [6, 6.07) is 19.2. The molecule has 1 heterocycles. The summed E-state index contributed by atoms with van der Waals surface area (Å²) in [5, 5.41) is 3.37. The summed E-state index contributed by atoms with van der Waals surface area (Å²) < 4.78 is 4.81.